The number of ether oxygens (including phenoxy) is 1. The SMILES string of the molecule is C[C@H](NC1COC[C@H]1O)c1ccccc1. The van der Waals surface area contributed by atoms with Gasteiger partial charge in [-0.25, -0.2) is 0 Å². The van der Waals surface area contributed by atoms with Gasteiger partial charge in [0.1, 0.15) is 0 Å². The van der Waals surface area contributed by atoms with Crippen molar-refractivity contribution in [1.29, 1.82) is 0 Å². The number of hydrogen-bond acceptors (Lipinski definition) is 3. The van der Waals surface area contributed by atoms with Crippen LogP contribution in [0.4, 0.5) is 0 Å². The lowest BCUT2D eigenvalue weighted by Crippen LogP contribution is -2.40. The smallest absolute Gasteiger partial charge is 0.0948 e. The Kier molecular flexibility index (Phi) is 3.36. The van der Waals surface area contributed by atoms with Crippen molar-refractivity contribution >= 4 is 0 Å². The molecule has 1 fully saturated rings. The van der Waals surface area contributed by atoms with Crippen LogP contribution in [0.5, 0.6) is 0 Å². The Labute approximate surface area is 90.1 Å². The maximum Gasteiger partial charge on any atom is 0.0948 e. The standard InChI is InChI=1S/C12H17NO2/c1-9(10-5-3-2-4-6-10)13-11-7-15-8-12(11)14/h2-6,9,11-14H,7-8H2,1H3/t9-,11?,12+/m0/s1. The third-order valence-electron chi connectivity index (χ3n) is 2.81. The molecule has 1 aromatic carbocycles. The molecule has 1 saturated heterocycles. The largest absolute Gasteiger partial charge is 0.389 e. The van der Waals surface area contributed by atoms with Gasteiger partial charge in [0.25, 0.3) is 0 Å². The monoisotopic (exact) mass is 207 g/mol. The average molecular weight is 207 g/mol. The third-order valence-corrected chi connectivity index (χ3v) is 2.81. The molecule has 0 bridgehead atoms. The van der Waals surface area contributed by atoms with E-state index in [0.29, 0.717) is 13.2 Å². The molecule has 3 atom stereocenters. The summed E-state index contributed by atoms with van der Waals surface area (Å²) in [6.07, 6.45) is -0.379. The number of hydrogen-bond donors (Lipinski definition) is 2. The summed E-state index contributed by atoms with van der Waals surface area (Å²) in [6, 6.07) is 10.5. The van der Waals surface area contributed by atoms with Crippen molar-refractivity contribution in [2.75, 3.05) is 13.2 Å². The van der Waals surface area contributed by atoms with E-state index in [-0.39, 0.29) is 18.2 Å². The van der Waals surface area contributed by atoms with Crippen molar-refractivity contribution in [3.05, 3.63) is 35.9 Å². The predicted octanol–water partition coefficient (Wildman–Crippen LogP) is 1.10. The lowest BCUT2D eigenvalue weighted by molar-refractivity contribution is 0.121. The van der Waals surface area contributed by atoms with Crippen molar-refractivity contribution in [1.82, 2.24) is 5.32 Å². The molecule has 1 unspecified atom stereocenters. The van der Waals surface area contributed by atoms with Crippen LogP contribution in [0.2, 0.25) is 0 Å². The summed E-state index contributed by atoms with van der Waals surface area (Å²) in [5.74, 6) is 0. The molecule has 0 aliphatic carbocycles. The highest BCUT2D eigenvalue weighted by atomic mass is 16.5. The first-order chi connectivity index (χ1) is 7.27. The van der Waals surface area contributed by atoms with Crippen LogP contribution in [0.1, 0.15) is 18.5 Å². The quantitative estimate of drug-likeness (QED) is 0.779. The lowest BCUT2D eigenvalue weighted by Gasteiger charge is -2.20. The Balaban J connectivity index is 1.95. The van der Waals surface area contributed by atoms with Gasteiger partial charge in [-0.1, -0.05) is 30.3 Å². The molecule has 0 aromatic heterocycles. The molecule has 82 valence electrons. The highest BCUT2D eigenvalue weighted by molar-refractivity contribution is 5.18. The maximum absolute atomic E-state index is 9.60. The van der Waals surface area contributed by atoms with Gasteiger partial charge in [0.05, 0.1) is 25.4 Å². The second-order valence-corrected chi connectivity index (χ2v) is 4.01. The van der Waals surface area contributed by atoms with E-state index in [1.165, 1.54) is 5.56 Å². The van der Waals surface area contributed by atoms with E-state index < -0.39 is 0 Å². The van der Waals surface area contributed by atoms with Crippen molar-refractivity contribution < 1.29 is 9.84 Å². The third kappa shape index (κ3) is 2.56. The Morgan fingerprint density at radius 3 is 2.67 bits per heavy atom. The van der Waals surface area contributed by atoms with E-state index >= 15 is 0 Å². The van der Waals surface area contributed by atoms with Crippen LogP contribution in [0.3, 0.4) is 0 Å². The molecule has 0 spiro atoms. The van der Waals surface area contributed by atoms with Crippen LogP contribution in [-0.2, 0) is 4.74 Å². The molecule has 1 aliphatic heterocycles. The van der Waals surface area contributed by atoms with Crippen LogP contribution in [0.25, 0.3) is 0 Å². The zero-order valence-corrected chi connectivity index (χ0v) is 8.89. The zero-order valence-electron chi connectivity index (χ0n) is 8.89. The molecule has 0 amide bonds. The number of aliphatic hydroxyl groups is 1. The van der Waals surface area contributed by atoms with Gasteiger partial charge in [-0.2, -0.15) is 0 Å². The van der Waals surface area contributed by atoms with Gasteiger partial charge in [0.15, 0.2) is 0 Å². The van der Waals surface area contributed by atoms with Gasteiger partial charge in [-0.3, -0.25) is 0 Å². The minimum Gasteiger partial charge on any atom is -0.389 e. The molecule has 3 heteroatoms. The van der Waals surface area contributed by atoms with Gasteiger partial charge >= 0.3 is 0 Å². The van der Waals surface area contributed by atoms with Crippen molar-refractivity contribution in [2.24, 2.45) is 0 Å². The van der Waals surface area contributed by atoms with Gasteiger partial charge in [-0.05, 0) is 12.5 Å². The van der Waals surface area contributed by atoms with Crippen molar-refractivity contribution in [3.63, 3.8) is 0 Å². The van der Waals surface area contributed by atoms with E-state index in [9.17, 15) is 5.11 Å². The molecule has 15 heavy (non-hydrogen) atoms. The normalized spacial score (nSPS) is 27.9. The fourth-order valence-corrected chi connectivity index (χ4v) is 1.86. The van der Waals surface area contributed by atoms with E-state index in [0.717, 1.165) is 0 Å². The first-order valence-electron chi connectivity index (χ1n) is 5.34. The molecule has 2 rings (SSSR count). The van der Waals surface area contributed by atoms with Gasteiger partial charge < -0.3 is 15.2 Å². The second kappa shape index (κ2) is 4.75. The highest BCUT2D eigenvalue weighted by Crippen LogP contribution is 2.15. The summed E-state index contributed by atoms with van der Waals surface area (Å²) < 4.78 is 5.19. The Morgan fingerprint density at radius 1 is 1.33 bits per heavy atom. The fraction of sp³-hybridized carbons (Fsp3) is 0.500. The zero-order chi connectivity index (χ0) is 10.7. The number of rotatable bonds is 3. The van der Waals surface area contributed by atoms with Crippen LogP contribution >= 0.6 is 0 Å². The van der Waals surface area contributed by atoms with E-state index in [2.05, 4.69) is 24.4 Å². The summed E-state index contributed by atoms with van der Waals surface area (Å²) >= 11 is 0. The van der Waals surface area contributed by atoms with E-state index in [1.807, 2.05) is 18.2 Å². The van der Waals surface area contributed by atoms with Crippen LogP contribution in [-0.4, -0.2) is 30.5 Å². The molecule has 3 nitrogen and oxygen atoms in total. The molecular weight excluding hydrogens is 190 g/mol. The van der Waals surface area contributed by atoms with E-state index in [4.69, 9.17) is 4.74 Å². The predicted molar refractivity (Wildman–Crippen MR) is 58.6 cm³/mol. The molecule has 0 radical (unpaired) electrons. The molecule has 2 N–H and O–H groups in total. The summed E-state index contributed by atoms with van der Waals surface area (Å²) in [5.41, 5.74) is 1.23. The van der Waals surface area contributed by atoms with Gasteiger partial charge in [0, 0.05) is 6.04 Å². The topological polar surface area (TPSA) is 41.5 Å². The number of aliphatic hydroxyl groups excluding tert-OH is 1. The van der Waals surface area contributed by atoms with Crippen LogP contribution in [0.15, 0.2) is 30.3 Å². The molecule has 1 aromatic rings. The molecule has 1 heterocycles. The minimum absolute atomic E-state index is 0.0557. The second-order valence-electron chi connectivity index (χ2n) is 4.01. The average Bonchev–Trinajstić information content (AvgIpc) is 2.66. The Hall–Kier alpha value is -0.900. The minimum atomic E-state index is -0.379. The maximum atomic E-state index is 9.60. The summed E-state index contributed by atoms with van der Waals surface area (Å²) in [5, 5.41) is 13.0. The van der Waals surface area contributed by atoms with Crippen molar-refractivity contribution in [2.45, 2.75) is 25.1 Å². The molecular formula is C12H17NO2. The Bertz CT molecular complexity index is 302. The number of nitrogens with one attached hydrogen (secondary N) is 1. The number of benzene rings is 1. The highest BCUT2D eigenvalue weighted by Gasteiger charge is 2.27. The van der Waals surface area contributed by atoms with Gasteiger partial charge in [0.2, 0.25) is 0 Å². The van der Waals surface area contributed by atoms with Crippen LogP contribution < -0.4 is 5.32 Å². The first-order valence-corrected chi connectivity index (χ1v) is 5.34. The van der Waals surface area contributed by atoms with Crippen LogP contribution in [0, 0.1) is 0 Å². The lowest BCUT2D eigenvalue weighted by atomic mass is 10.1. The first kappa shape index (κ1) is 10.6. The van der Waals surface area contributed by atoms with Crippen molar-refractivity contribution in [3.8, 4) is 0 Å². The Morgan fingerprint density at radius 2 is 2.07 bits per heavy atom. The van der Waals surface area contributed by atoms with E-state index in [1.54, 1.807) is 0 Å². The molecule has 0 saturated carbocycles. The van der Waals surface area contributed by atoms with Gasteiger partial charge in [-0.15, -0.1) is 0 Å². The summed E-state index contributed by atoms with van der Waals surface area (Å²) in [4.78, 5) is 0. The fourth-order valence-electron chi connectivity index (χ4n) is 1.86. The molecule has 1 aliphatic rings. The summed E-state index contributed by atoms with van der Waals surface area (Å²) in [6.45, 7) is 3.14. The summed E-state index contributed by atoms with van der Waals surface area (Å²) in [7, 11) is 0.